The number of furan rings is 1. The zero-order chi connectivity index (χ0) is 17.4. The van der Waals surface area contributed by atoms with Crippen LogP contribution in [-0.4, -0.2) is 17.8 Å². The molecule has 4 amide bonds. The highest BCUT2D eigenvalue weighted by Crippen LogP contribution is 2.38. The fraction of sp³-hybridized carbons (Fsp3) is 0.0667. The van der Waals surface area contributed by atoms with Gasteiger partial charge in [0.2, 0.25) is 17.7 Å². The van der Waals surface area contributed by atoms with Gasteiger partial charge in [0.25, 0.3) is 0 Å². The highest BCUT2D eigenvalue weighted by molar-refractivity contribution is 6.19. The summed E-state index contributed by atoms with van der Waals surface area (Å²) in [6, 6.07) is 5.88. The Morgan fingerprint density at radius 1 is 1.12 bits per heavy atom. The number of nitriles is 1. The lowest BCUT2D eigenvalue weighted by molar-refractivity contribution is -0.132. The molecule has 2 aromatic rings. The monoisotopic (exact) mass is 328 g/mol. The first-order valence-electron chi connectivity index (χ1n) is 6.66. The Morgan fingerprint density at radius 2 is 1.71 bits per heavy atom. The van der Waals surface area contributed by atoms with Crippen LogP contribution in [0.1, 0.15) is 17.2 Å². The molecule has 0 aliphatic carbocycles. The topological polar surface area (TPSA) is 138 Å². The first kappa shape index (κ1) is 15.2. The molecule has 4 N–H and O–H groups in total. The van der Waals surface area contributed by atoms with E-state index < -0.39 is 29.6 Å². The molecule has 2 heterocycles. The minimum Gasteiger partial charge on any atom is -0.442 e. The Labute approximate surface area is 134 Å². The van der Waals surface area contributed by atoms with Crippen molar-refractivity contribution < 1.29 is 23.2 Å². The van der Waals surface area contributed by atoms with Gasteiger partial charge in [0.1, 0.15) is 23.2 Å². The quantitative estimate of drug-likeness (QED) is 0.703. The molecule has 0 bridgehead atoms. The molecule has 1 aliphatic heterocycles. The molecule has 0 spiro atoms. The summed E-state index contributed by atoms with van der Waals surface area (Å²) < 4.78 is 18.4. The van der Waals surface area contributed by atoms with Crippen LogP contribution >= 0.6 is 0 Å². The van der Waals surface area contributed by atoms with Crippen LogP contribution in [0.4, 0.5) is 15.1 Å². The number of urea groups is 1. The molecule has 8 nitrogen and oxygen atoms in total. The molecule has 1 saturated heterocycles. The number of carbonyl (C=O) groups excluding carboxylic acids is 3. The molecular weight excluding hydrogens is 319 g/mol. The summed E-state index contributed by atoms with van der Waals surface area (Å²) in [6.45, 7) is 0. The summed E-state index contributed by atoms with van der Waals surface area (Å²) in [6.07, 6.45) is 0. The van der Waals surface area contributed by atoms with Crippen molar-refractivity contribution >= 4 is 23.7 Å². The number of anilines is 1. The normalized spacial score (nSPS) is 14.9. The molecule has 9 heteroatoms. The molecular formula is C15H9FN4O4. The van der Waals surface area contributed by atoms with Crippen molar-refractivity contribution in [2.45, 2.75) is 5.92 Å². The minimum atomic E-state index is -1.51. The van der Waals surface area contributed by atoms with Crippen LogP contribution < -0.4 is 16.4 Å². The summed E-state index contributed by atoms with van der Waals surface area (Å²) >= 11 is 0. The van der Waals surface area contributed by atoms with Crippen LogP contribution in [0.2, 0.25) is 0 Å². The van der Waals surface area contributed by atoms with Crippen LogP contribution in [0.5, 0.6) is 0 Å². The number of nitrogens with one attached hydrogen (secondary N) is 2. The largest absolute Gasteiger partial charge is 0.442 e. The second-order valence-corrected chi connectivity index (χ2v) is 4.94. The van der Waals surface area contributed by atoms with E-state index >= 15 is 0 Å². The lowest BCUT2D eigenvalue weighted by Crippen LogP contribution is -2.54. The van der Waals surface area contributed by atoms with E-state index in [9.17, 15) is 24.0 Å². The Bertz CT molecular complexity index is 891. The zero-order valence-electron chi connectivity index (χ0n) is 11.9. The molecule has 0 atom stereocenters. The molecule has 1 aromatic carbocycles. The molecule has 0 saturated carbocycles. The van der Waals surface area contributed by atoms with Crippen molar-refractivity contribution in [2.24, 2.45) is 0 Å². The van der Waals surface area contributed by atoms with E-state index in [1.807, 2.05) is 16.7 Å². The third kappa shape index (κ3) is 2.36. The highest BCUT2D eigenvalue weighted by atomic mass is 19.1. The molecule has 120 valence electrons. The van der Waals surface area contributed by atoms with Crippen molar-refractivity contribution in [2.75, 3.05) is 5.73 Å². The van der Waals surface area contributed by atoms with E-state index in [-0.39, 0.29) is 22.8 Å². The number of rotatable bonds is 2. The number of halogens is 1. The highest BCUT2D eigenvalue weighted by Gasteiger charge is 2.41. The average Bonchev–Trinajstić information content (AvgIpc) is 2.83. The van der Waals surface area contributed by atoms with Crippen LogP contribution in [-0.2, 0) is 9.59 Å². The maximum absolute atomic E-state index is 13.1. The number of hydrogen-bond acceptors (Lipinski definition) is 6. The van der Waals surface area contributed by atoms with E-state index in [1.54, 1.807) is 0 Å². The smallest absolute Gasteiger partial charge is 0.328 e. The summed E-state index contributed by atoms with van der Waals surface area (Å²) in [5.41, 5.74) is 5.99. The Morgan fingerprint density at radius 3 is 2.25 bits per heavy atom. The third-order valence-corrected chi connectivity index (χ3v) is 3.47. The number of imide groups is 2. The van der Waals surface area contributed by atoms with Gasteiger partial charge in [-0.3, -0.25) is 20.2 Å². The number of hydrogen-bond donors (Lipinski definition) is 3. The molecule has 1 aromatic heterocycles. The zero-order valence-corrected chi connectivity index (χ0v) is 11.9. The van der Waals surface area contributed by atoms with Gasteiger partial charge in [0.15, 0.2) is 5.92 Å². The number of benzene rings is 1. The van der Waals surface area contributed by atoms with Gasteiger partial charge in [0.05, 0.1) is 0 Å². The molecule has 3 rings (SSSR count). The second-order valence-electron chi connectivity index (χ2n) is 4.94. The van der Waals surface area contributed by atoms with Gasteiger partial charge in [-0.05, 0) is 17.7 Å². The van der Waals surface area contributed by atoms with Gasteiger partial charge < -0.3 is 10.2 Å². The second kappa shape index (κ2) is 5.51. The standard InChI is InChI=1S/C15H9FN4O4/c16-7-3-1-6(2-4-7)9-8(5-17)12(18)24-11(9)10-13(21)19-15(23)20-14(10)22/h1-4,10H,18H2,(H2,19,20,21,22,23). The van der Waals surface area contributed by atoms with E-state index in [0.29, 0.717) is 5.56 Å². The summed E-state index contributed by atoms with van der Waals surface area (Å²) in [7, 11) is 0. The van der Waals surface area contributed by atoms with Crippen molar-refractivity contribution in [3.8, 4) is 17.2 Å². The minimum absolute atomic E-state index is 0.0888. The van der Waals surface area contributed by atoms with E-state index in [2.05, 4.69) is 0 Å². The molecule has 1 fully saturated rings. The van der Waals surface area contributed by atoms with Gasteiger partial charge in [-0.2, -0.15) is 5.26 Å². The van der Waals surface area contributed by atoms with Crippen molar-refractivity contribution in [3.05, 3.63) is 41.4 Å². The predicted octanol–water partition coefficient (Wildman–Crippen LogP) is 0.989. The van der Waals surface area contributed by atoms with Crippen LogP contribution in [0, 0.1) is 17.1 Å². The van der Waals surface area contributed by atoms with Gasteiger partial charge in [0, 0.05) is 5.56 Å². The number of carbonyl (C=O) groups is 3. The van der Waals surface area contributed by atoms with Gasteiger partial charge in [-0.15, -0.1) is 0 Å². The summed E-state index contributed by atoms with van der Waals surface area (Å²) in [5.74, 6) is -4.32. The summed E-state index contributed by atoms with van der Waals surface area (Å²) in [4.78, 5) is 35.2. The summed E-state index contributed by atoms with van der Waals surface area (Å²) in [5, 5.41) is 13.2. The fourth-order valence-corrected chi connectivity index (χ4v) is 2.44. The average molecular weight is 328 g/mol. The van der Waals surface area contributed by atoms with Crippen molar-refractivity contribution in [3.63, 3.8) is 0 Å². The van der Waals surface area contributed by atoms with Crippen LogP contribution in [0.3, 0.4) is 0 Å². The van der Waals surface area contributed by atoms with E-state index in [1.165, 1.54) is 12.1 Å². The molecule has 24 heavy (non-hydrogen) atoms. The SMILES string of the molecule is N#Cc1c(N)oc(C2C(=O)NC(=O)NC2=O)c1-c1ccc(F)cc1. The molecule has 0 unspecified atom stereocenters. The van der Waals surface area contributed by atoms with Crippen molar-refractivity contribution in [1.82, 2.24) is 10.6 Å². The first-order valence-corrected chi connectivity index (χ1v) is 6.66. The lowest BCUT2D eigenvalue weighted by atomic mass is 9.93. The Kier molecular flexibility index (Phi) is 3.50. The molecule has 1 aliphatic rings. The van der Waals surface area contributed by atoms with Gasteiger partial charge in [-0.25, -0.2) is 9.18 Å². The number of nitrogens with zero attached hydrogens (tertiary/aromatic N) is 1. The number of nitrogen functional groups attached to an aromatic ring is 1. The predicted molar refractivity (Wildman–Crippen MR) is 77.7 cm³/mol. The van der Waals surface area contributed by atoms with Crippen molar-refractivity contribution in [1.29, 1.82) is 5.26 Å². The fourth-order valence-electron chi connectivity index (χ4n) is 2.44. The number of nitrogens with two attached hydrogens (primary N) is 1. The maximum atomic E-state index is 13.1. The van der Waals surface area contributed by atoms with Crippen LogP contribution in [0.25, 0.3) is 11.1 Å². The number of barbiturate groups is 1. The third-order valence-electron chi connectivity index (χ3n) is 3.47. The number of amides is 4. The van der Waals surface area contributed by atoms with Gasteiger partial charge >= 0.3 is 6.03 Å². The maximum Gasteiger partial charge on any atom is 0.328 e. The Hall–Kier alpha value is -3.67. The van der Waals surface area contributed by atoms with E-state index in [0.717, 1.165) is 12.1 Å². The van der Waals surface area contributed by atoms with Gasteiger partial charge in [-0.1, -0.05) is 12.1 Å². The lowest BCUT2D eigenvalue weighted by Gasteiger charge is -2.19. The van der Waals surface area contributed by atoms with E-state index in [4.69, 9.17) is 10.2 Å². The molecule has 0 radical (unpaired) electrons. The first-order chi connectivity index (χ1) is 11.4. The van der Waals surface area contributed by atoms with Crippen LogP contribution in [0.15, 0.2) is 28.7 Å². The Balaban J connectivity index is 2.20.